The monoisotopic (exact) mass is 280 g/mol. The molecule has 0 aromatic heterocycles. The number of hydrogen-bond donors (Lipinski definition) is 0. The Morgan fingerprint density at radius 1 is 1.29 bits per heavy atom. The molecule has 14 heavy (non-hydrogen) atoms. The summed E-state index contributed by atoms with van der Waals surface area (Å²) < 4.78 is 11.6. The second-order valence-corrected chi connectivity index (χ2v) is 10.9. The van der Waals surface area contributed by atoms with Gasteiger partial charge in [0.25, 0.3) is 0 Å². The first-order valence-electron chi connectivity index (χ1n) is 4.83. The van der Waals surface area contributed by atoms with E-state index in [0.29, 0.717) is 0 Å². The topological polar surface area (TPSA) is 18.5 Å². The third kappa shape index (κ3) is 5.96. The van der Waals surface area contributed by atoms with Crippen LogP contribution in [0.5, 0.6) is 0 Å². The first kappa shape index (κ1) is 14.4. The highest BCUT2D eigenvalue weighted by atomic mass is 79.9. The largest absolute Gasteiger partial charge is 0.356 e. The number of allylic oxidation sites excluding steroid dienone is 1. The fourth-order valence-electron chi connectivity index (χ4n) is 0.984. The van der Waals surface area contributed by atoms with Gasteiger partial charge in [-0.05, 0) is 10.5 Å². The molecule has 0 aliphatic rings. The van der Waals surface area contributed by atoms with Crippen LogP contribution in [-0.2, 0) is 9.47 Å². The van der Waals surface area contributed by atoms with Gasteiger partial charge in [0.05, 0.1) is 8.07 Å². The number of rotatable bonds is 6. The average molecular weight is 281 g/mol. The summed E-state index contributed by atoms with van der Waals surface area (Å²) in [5, 5.41) is 0. The van der Waals surface area contributed by atoms with Gasteiger partial charge < -0.3 is 9.47 Å². The van der Waals surface area contributed by atoms with Crippen LogP contribution in [0.2, 0.25) is 19.6 Å². The molecule has 84 valence electrons. The Labute approximate surface area is 96.8 Å². The first-order chi connectivity index (χ1) is 6.41. The smallest absolute Gasteiger partial charge is 0.157 e. The molecule has 0 aromatic carbocycles. The molecular formula is C10H21BrO2Si. The van der Waals surface area contributed by atoms with Gasteiger partial charge in [-0.1, -0.05) is 41.6 Å². The van der Waals surface area contributed by atoms with Crippen molar-refractivity contribution >= 4 is 24.0 Å². The normalized spacial score (nSPS) is 13.8. The molecule has 0 saturated heterocycles. The van der Waals surface area contributed by atoms with Gasteiger partial charge in [0, 0.05) is 20.6 Å². The first-order valence-corrected chi connectivity index (χ1v) is 9.13. The van der Waals surface area contributed by atoms with Gasteiger partial charge in [0.2, 0.25) is 0 Å². The zero-order valence-electron chi connectivity index (χ0n) is 9.76. The summed E-state index contributed by atoms with van der Waals surface area (Å²) in [5.74, 6) is 0. The molecule has 0 rings (SSSR count). The van der Waals surface area contributed by atoms with E-state index < -0.39 is 8.07 Å². The van der Waals surface area contributed by atoms with Crippen LogP contribution in [-0.4, -0.2) is 28.6 Å². The molecule has 0 atom stereocenters. The van der Waals surface area contributed by atoms with E-state index in [2.05, 4.69) is 41.6 Å². The maximum atomic E-state index is 5.11. The van der Waals surface area contributed by atoms with Crippen molar-refractivity contribution in [3.05, 3.63) is 10.2 Å². The fourth-order valence-corrected chi connectivity index (χ4v) is 1.97. The molecule has 0 heterocycles. The molecule has 0 fully saturated rings. The van der Waals surface area contributed by atoms with E-state index in [4.69, 9.17) is 9.47 Å². The Morgan fingerprint density at radius 3 is 2.14 bits per heavy atom. The molecule has 0 bridgehead atoms. The van der Waals surface area contributed by atoms with E-state index >= 15 is 0 Å². The molecule has 4 heteroatoms. The van der Waals surface area contributed by atoms with E-state index in [1.165, 1.54) is 4.11 Å². The molecule has 2 nitrogen and oxygen atoms in total. The second-order valence-electron chi connectivity index (χ2n) is 4.28. The average Bonchev–Trinajstić information content (AvgIpc) is 2.10. The molecule has 0 radical (unpaired) electrons. The van der Waals surface area contributed by atoms with Crippen molar-refractivity contribution in [2.45, 2.75) is 38.8 Å². The highest BCUT2D eigenvalue weighted by Gasteiger charge is 2.16. The zero-order chi connectivity index (χ0) is 11.2. The van der Waals surface area contributed by atoms with E-state index in [0.717, 1.165) is 12.8 Å². The van der Waals surface area contributed by atoms with Gasteiger partial charge in [-0.2, -0.15) is 0 Å². The van der Waals surface area contributed by atoms with Crippen LogP contribution in [0.25, 0.3) is 0 Å². The number of ether oxygens (including phenoxy) is 2. The van der Waals surface area contributed by atoms with E-state index in [1.54, 1.807) is 14.2 Å². The lowest BCUT2D eigenvalue weighted by Gasteiger charge is -2.16. The van der Waals surface area contributed by atoms with Gasteiger partial charge in [-0.25, -0.2) is 0 Å². The third-order valence-corrected chi connectivity index (χ3v) is 7.50. The van der Waals surface area contributed by atoms with Crippen molar-refractivity contribution in [1.82, 2.24) is 0 Å². The molecule has 0 aromatic rings. The zero-order valence-corrected chi connectivity index (χ0v) is 12.3. The Bertz CT molecular complexity index is 183. The summed E-state index contributed by atoms with van der Waals surface area (Å²) in [6.07, 6.45) is 4.08. The Morgan fingerprint density at radius 2 is 1.79 bits per heavy atom. The van der Waals surface area contributed by atoms with Gasteiger partial charge in [0.1, 0.15) is 0 Å². The maximum Gasteiger partial charge on any atom is 0.157 e. The predicted octanol–water partition coefficient (Wildman–Crippen LogP) is 3.54. The number of methoxy groups -OCH3 is 2. The summed E-state index contributed by atoms with van der Waals surface area (Å²) in [4.78, 5) is 0. The standard InChI is InChI=1S/C10H21BrO2Si/c1-12-10(13-2)8-6-7-9(11)14(3,4)5/h7,10H,6,8H2,1-5H3/b9-7-. The minimum atomic E-state index is -1.16. The van der Waals surface area contributed by atoms with Crippen molar-refractivity contribution in [1.29, 1.82) is 0 Å². The maximum absolute atomic E-state index is 5.11. The molecule has 0 spiro atoms. The quantitative estimate of drug-likeness (QED) is 0.547. The van der Waals surface area contributed by atoms with Crippen molar-refractivity contribution < 1.29 is 9.47 Å². The van der Waals surface area contributed by atoms with Crippen LogP contribution >= 0.6 is 15.9 Å². The molecule has 0 amide bonds. The van der Waals surface area contributed by atoms with Crippen LogP contribution in [0.1, 0.15) is 12.8 Å². The summed E-state index contributed by atoms with van der Waals surface area (Å²) >= 11 is 3.63. The van der Waals surface area contributed by atoms with Crippen LogP contribution in [0.3, 0.4) is 0 Å². The third-order valence-electron chi connectivity index (χ3n) is 1.97. The molecule has 0 saturated carbocycles. The van der Waals surface area contributed by atoms with Crippen molar-refractivity contribution in [3.8, 4) is 0 Å². The summed E-state index contributed by atoms with van der Waals surface area (Å²) in [6.45, 7) is 6.95. The highest BCUT2D eigenvalue weighted by Crippen LogP contribution is 2.21. The molecule has 0 aliphatic carbocycles. The Kier molecular flexibility index (Phi) is 6.94. The summed E-state index contributed by atoms with van der Waals surface area (Å²) in [5.41, 5.74) is 0. The molecule has 0 aliphatic heterocycles. The SMILES string of the molecule is COC(CC/C=C(/Br)[Si](C)(C)C)OC. The van der Waals surface area contributed by atoms with Gasteiger partial charge in [0.15, 0.2) is 6.29 Å². The van der Waals surface area contributed by atoms with Crippen molar-refractivity contribution in [2.75, 3.05) is 14.2 Å². The second kappa shape index (κ2) is 6.77. The molecular weight excluding hydrogens is 260 g/mol. The minimum Gasteiger partial charge on any atom is -0.356 e. The Hall–Kier alpha value is 0.357. The predicted molar refractivity (Wildman–Crippen MR) is 67.4 cm³/mol. The van der Waals surface area contributed by atoms with Crippen LogP contribution in [0, 0.1) is 0 Å². The van der Waals surface area contributed by atoms with Crippen LogP contribution in [0.4, 0.5) is 0 Å². The van der Waals surface area contributed by atoms with E-state index in [-0.39, 0.29) is 6.29 Å². The Balaban J connectivity index is 3.93. The molecule has 0 N–H and O–H groups in total. The van der Waals surface area contributed by atoms with Crippen LogP contribution in [0.15, 0.2) is 10.2 Å². The minimum absolute atomic E-state index is 0.0758. The molecule has 0 unspecified atom stereocenters. The van der Waals surface area contributed by atoms with Gasteiger partial charge in [-0.15, -0.1) is 0 Å². The van der Waals surface area contributed by atoms with Crippen molar-refractivity contribution in [3.63, 3.8) is 0 Å². The lowest BCUT2D eigenvalue weighted by Crippen LogP contribution is -2.20. The lowest BCUT2D eigenvalue weighted by atomic mass is 10.3. The fraction of sp³-hybridized carbons (Fsp3) is 0.800. The van der Waals surface area contributed by atoms with E-state index in [1.807, 2.05) is 0 Å². The lowest BCUT2D eigenvalue weighted by molar-refractivity contribution is -0.105. The van der Waals surface area contributed by atoms with Gasteiger partial charge >= 0.3 is 0 Å². The number of halogens is 1. The number of hydrogen-bond acceptors (Lipinski definition) is 2. The highest BCUT2D eigenvalue weighted by molar-refractivity contribution is 9.12. The van der Waals surface area contributed by atoms with Crippen LogP contribution < -0.4 is 0 Å². The van der Waals surface area contributed by atoms with Crippen molar-refractivity contribution in [2.24, 2.45) is 0 Å². The van der Waals surface area contributed by atoms with Gasteiger partial charge in [-0.3, -0.25) is 0 Å². The van der Waals surface area contributed by atoms with E-state index in [9.17, 15) is 0 Å². The summed E-state index contributed by atoms with van der Waals surface area (Å²) in [7, 11) is 2.19. The summed E-state index contributed by atoms with van der Waals surface area (Å²) in [6, 6.07) is 0.